The van der Waals surface area contributed by atoms with Gasteiger partial charge in [-0.15, -0.1) is 0 Å². The number of phenolic OH excluding ortho intramolecular Hbond substituents is 3. The number of rotatable bonds is 3. The first kappa shape index (κ1) is 21.3. The fraction of sp³-hybridized carbons (Fsp3) is 0.381. The molecule has 7 atom stereocenters. The van der Waals surface area contributed by atoms with E-state index in [9.17, 15) is 35.4 Å². The van der Waals surface area contributed by atoms with Crippen molar-refractivity contribution in [2.75, 3.05) is 0 Å². The first-order valence-corrected chi connectivity index (χ1v) is 9.58. The van der Waals surface area contributed by atoms with Crippen LogP contribution in [0.15, 0.2) is 36.4 Å². The molecule has 0 bridgehead atoms. The van der Waals surface area contributed by atoms with E-state index in [1.807, 2.05) is 0 Å². The molecule has 0 aliphatic carbocycles. The minimum absolute atomic E-state index is 0.0176. The summed E-state index contributed by atoms with van der Waals surface area (Å²) in [6.07, 6.45) is -9.49. The van der Waals surface area contributed by atoms with Crippen molar-refractivity contribution in [2.45, 2.75) is 49.8 Å². The molecule has 31 heavy (non-hydrogen) atoms. The fourth-order valence-electron chi connectivity index (χ4n) is 3.72. The van der Waals surface area contributed by atoms with Gasteiger partial charge in [0, 0.05) is 12.1 Å². The Morgan fingerprint density at radius 1 is 0.903 bits per heavy atom. The maximum atomic E-state index is 13.3. The third kappa shape index (κ3) is 3.80. The monoisotopic (exact) mass is 434 g/mol. The number of aliphatic hydroxyl groups is 3. The van der Waals surface area contributed by atoms with Gasteiger partial charge in [0.2, 0.25) is 5.78 Å². The number of Topliss-reactive ketones (excluding diaryl/α,β-unsaturated/α-hetero) is 1. The Balaban J connectivity index is 1.73. The molecule has 2 aromatic rings. The van der Waals surface area contributed by atoms with Crippen LogP contribution in [0.25, 0.3) is 0 Å². The quantitative estimate of drug-likeness (QED) is 0.396. The van der Waals surface area contributed by atoms with Crippen LogP contribution in [-0.4, -0.2) is 73.2 Å². The van der Waals surface area contributed by atoms with Gasteiger partial charge >= 0.3 is 0 Å². The number of carbonyl (C=O) groups is 1. The number of aromatic hydroxyl groups is 3. The predicted octanol–water partition coefficient (Wildman–Crippen LogP) is 0.332. The maximum absolute atomic E-state index is 13.3. The molecule has 0 amide bonds. The molecule has 0 radical (unpaired) electrons. The Bertz CT molecular complexity index is 975. The van der Waals surface area contributed by atoms with Crippen LogP contribution in [0, 0.1) is 0 Å². The highest BCUT2D eigenvalue weighted by molar-refractivity contribution is 6.05. The van der Waals surface area contributed by atoms with E-state index < -0.39 is 54.4 Å². The molecule has 0 aromatic heterocycles. The van der Waals surface area contributed by atoms with Gasteiger partial charge in [0.05, 0.1) is 6.10 Å². The van der Waals surface area contributed by atoms with Gasteiger partial charge in [-0.3, -0.25) is 4.79 Å². The van der Waals surface area contributed by atoms with E-state index in [1.165, 1.54) is 37.3 Å². The minimum atomic E-state index is -1.66. The summed E-state index contributed by atoms with van der Waals surface area (Å²) >= 11 is 0. The number of ether oxygens (including phenoxy) is 3. The summed E-state index contributed by atoms with van der Waals surface area (Å²) in [5.41, 5.74) is 0.195. The summed E-state index contributed by atoms with van der Waals surface area (Å²) in [7, 11) is 0. The third-order valence-corrected chi connectivity index (χ3v) is 5.41. The number of hydrogen-bond acceptors (Lipinski definition) is 10. The van der Waals surface area contributed by atoms with Crippen molar-refractivity contribution < 1.29 is 49.6 Å². The van der Waals surface area contributed by atoms with E-state index in [2.05, 4.69) is 0 Å². The molecule has 0 saturated carbocycles. The Kier molecular flexibility index (Phi) is 5.50. The predicted molar refractivity (Wildman–Crippen MR) is 103 cm³/mol. The van der Waals surface area contributed by atoms with Crippen molar-refractivity contribution >= 4 is 5.78 Å². The number of aliphatic hydroxyl groups excluding tert-OH is 3. The van der Waals surface area contributed by atoms with Gasteiger partial charge in [-0.2, -0.15) is 0 Å². The first-order valence-electron chi connectivity index (χ1n) is 9.58. The Labute approximate surface area is 176 Å². The molecule has 166 valence electrons. The van der Waals surface area contributed by atoms with Gasteiger partial charge in [0.1, 0.15) is 46.9 Å². The lowest BCUT2D eigenvalue weighted by Crippen LogP contribution is -2.59. The lowest BCUT2D eigenvalue weighted by atomic mass is 9.92. The summed E-state index contributed by atoms with van der Waals surface area (Å²) in [6, 6.07) is 7.90. The molecule has 10 nitrogen and oxygen atoms in total. The molecule has 10 heteroatoms. The molecule has 1 fully saturated rings. The normalized spacial score (nSPS) is 32.9. The smallest absolute Gasteiger partial charge is 0.203 e. The highest BCUT2D eigenvalue weighted by atomic mass is 16.7. The second kappa shape index (κ2) is 7.98. The largest absolute Gasteiger partial charge is 0.508 e. The second-order valence-corrected chi connectivity index (χ2v) is 7.57. The number of benzene rings is 2. The summed E-state index contributed by atoms with van der Waals surface area (Å²) in [6.45, 7) is 1.47. The Morgan fingerprint density at radius 3 is 2.26 bits per heavy atom. The Morgan fingerprint density at radius 2 is 1.58 bits per heavy atom. The Hall–Kier alpha value is -2.89. The topological polar surface area (TPSA) is 166 Å². The zero-order valence-electron chi connectivity index (χ0n) is 16.3. The first-order chi connectivity index (χ1) is 14.7. The van der Waals surface area contributed by atoms with E-state index >= 15 is 0 Å². The molecule has 2 aliphatic rings. The molecule has 2 heterocycles. The average molecular weight is 434 g/mol. The maximum Gasteiger partial charge on any atom is 0.203 e. The summed E-state index contributed by atoms with van der Waals surface area (Å²) in [4.78, 5) is 13.3. The molecule has 0 unspecified atom stereocenters. The van der Waals surface area contributed by atoms with E-state index in [4.69, 9.17) is 14.2 Å². The number of carbonyl (C=O) groups excluding carboxylic acids is 1. The van der Waals surface area contributed by atoms with Crippen molar-refractivity contribution in [3.8, 4) is 23.0 Å². The second-order valence-electron chi connectivity index (χ2n) is 7.57. The molecule has 2 aromatic carbocycles. The summed E-state index contributed by atoms with van der Waals surface area (Å²) < 4.78 is 17.0. The van der Waals surface area contributed by atoms with Crippen LogP contribution >= 0.6 is 0 Å². The van der Waals surface area contributed by atoms with Crippen LogP contribution in [0.1, 0.15) is 28.9 Å². The van der Waals surface area contributed by atoms with E-state index in [0.29, 0.717) is 5.56 Å². The van der Waals surface area contributed by atoms with Crippen molar-refractivity contribution in [1.82, 2.24) is 0 Å². The standard InChI is InChI=1S/C21H22O10/c1-8-15(25)17(27)18(28)21(29-8)31-20-16(26)14-12(24)6-11(23)7-13(14)30-19(20)9-2-4-10(22)5-3-9/h2-8,15,17-25,27-28H,1H3/t8-,15+,17+,18+,19+,20-,21+/m0/s1. The zero-order valence-corrected chi connectivity index (χ0v) is 16.3. The molecule has 1 saturated heterocycles. The molecule has 0 spiro atoms. The minimum Gasteiger partial charge on any atom is -0.508 e. The van der Waals surface area contributed by atoms with Crippen molar-refractivity contribution in [1.29, 1.82) is 0 Å². The average Bonchev–Trinajstić information content (AvgIpc) is 2.72. The number of ketones is 1. The SMILES string of the molecule is C[C@@H]1O[C@H](O[C@H]2C(=O)c3c(O)cc(O)cc3O[C@@H]2c2ccc(O)cc2)[C@H](O)[C@H](O)[C@@H]1O. The van der Waals surface area contributed by atoms with Crippen molar-refractivity contribution in [3.63, 3.8) is 0 Å². The van der Waals surface area contributed by atoms with E-state index in [-0.39, 0.29) is 22.8 Å². The molecular formula is C21H22O10. The molecule has 4 rings (SSSR count). The number of phenols is 3. The summed E-state index contributed by atoms with van der Waals surface area (Å²) in [5, 5.41) is 59.8. The van der Waals surface area contributed by atoms with Crippen LogP contribution in [0.2, 0.25) is 0 Å². The van der Waals surface area contributed by atoms with Crippen LogP contribution in [0.4, 0.5) is 0 Å². The lowest BCUT2D eigenvalue weighted by molar-refractivity contribution is -0.304. The van der Waals surface area contributed by atoms with E-state index in [0.717, 1.165) is 6.07 Å². The number of hydrogen-bond donors (Lipinski definition) is 6. The van der Waals surface area contributed by atoms with E-state index in [1.54, 1.807) is 0 Å². The van der Waals surface area contributed by atoms with Gasteiger partial charge in [-0.25, -0.2) is 0 Å². The third-order valence-electron chi connectivity index (χ3n) is 5.41. The number of fused-ring (bicyclic) bond motifs is 1. The fourth-order valence-corrected chi connectivity index (χ4v) is 3.72. The van der Waals surface area contributed by atoms with Gasteiger partial charge in [0.15, 0.2) is 18.5 Å². The van der Waals surface area contributed by atoms with Crippen molar-refractivity contribution in [3.05, 3.63) is 47.5 Å². The van der Waals surface area contributed by atoms with Gasteiger partial charge in [0.25, 0.3) is 0 Å². The van der Waals surface area contributed by atoms with Gasteiger partial charge in [-0.1, -0.05) is 12.1 Å². The molecule has 6 N–H and O–H groups in total. The highest BCUT2D eigenvalue weighted by Crippen LogP contribution is 2.43. The molecule has 2 aliphatic heterocycles. The van der Waals surface area contributed by atoms with Crippen LogP contribution in [-0.2, 0) is 9.47 Å². The summed E-state index contributed by atoms with van der Waals surface area (Å²) in [5.74, 6) is -1.64. The van der Waals surface area contributed by atoms with Gasteiger partial charge in [-0.05, 0) is 24.6 Å². The lowest BCUT2D eigenvalue weighted by Gasteiger charge is -2.42. The highest BCUT2D eigenvalue weighted by Gasteiger charge is 2.48. The van der Waals surface area contributed by atoms with Gasteiger partial charge < -0.3 is 44.8 Å². The van der Waals surface area contributed by atoms with Crippen molar-refractivity contribution in [2.24, 2.45) is 0 Å². The van der Waals surface area contributed by atoms with Crippen LogP contribution < -0.4 is 4.74 Å². The molecular weight excluding hydrogens is 412 g/mol. The van der Waals surface area contributed by atoms with Crippen LogP contribution in [0.3, 0.4) is 0 Å². The van der Waals surface area contributed by atoms with Crippen LogP contribution in [0.5, 0.6) is 23.0 Å². The zero-order chi connectivity index (χ0) is 22.4.